The van der Waals surface area contributed by atoms with E-state index in [1.807, 2.05) is 34.9 Å². The predicted molar refractivity (Wildman–Crippen MR) is 78.0 cm³/mol. The number of fused-ring (bicyclic) bond motifs is 1. The Morgan fingerprint density at radius 2 is 1.80 bits per heavy atom. The molecule has 0 fully saturated rings. The molecule has 0 aliphatic carbocycles. The predicted octanol–water partition coefficient (Wildman–Crippen LogP) is 2.72. The van der Waals surface area contributed by atoms with Crippen LogP contribution in [0.3, 0.4) is 0 Å². The summed E-state index contributed by atoms with van der Waals surface area (Å²) in [7, 11) is 0. The number of rotatable bonds is 4. The number of para-hydroxylation sites is 2. The van der Waals surface area contributed by atoms with Crippen molar-refractivity contribution in [2.24, 2.45) is 5.73 Å². The Hall–Kier alpha value is -2.20. The fraction of sp³-hybridized carbons (Fsp3) is 0.188. The van der Waals surface area contributed by atoms with Crippen molar-refractivity contribution in [3.8, 4) is 0 Å². The van der Waals surface area contributed by atoms with Gasteiger partial charge in [0.15, 0.2) is 0 Å². The molecule has 0 saturated heterocycles. The second-order valence-electron chi connectivity index (χ2n) is 4.73. The summed E-state index contributed by atoms with van der Waals surface area (Å²) >= 11 is 0. The van der Waals surface area contributed by atoms with E-state index in [0.717, 1.165) is 16.9 Å². The van der Waals surface area contributed by atoms with Gasteiger partial charge in [-0.25, -0.2) is 9.37 Å². The highest BCUT2D eigenvalue weighted by molar-refractivity contribution is 5.76. The molecule has 3 rings (SSSR count). The maximum absolute atomic E-state index is 13.8. The van der Waals surface area contributed by atoms with Crippen molar-refractivity contribution in [1.29, 1.82) is 0 Å². The molecule has 0 amide bonds. The van der Waals surface area contributed by atoms with Gasteiger partial charge in [0.2, 0.25) is 0 Å². The van der Waals surface area contributed by atoms with Gasteiger partial charge in [0, 0.05) is 12.0 Å². The average Bonchev–Trinajstić information content (AvgIpc) is 2.80. The van der Waals surface area contributed by atoms with Crippen molar-refractivity contribution >= 4 is 11.0 Å². The van der Waals surface area contributed by atoms with Crippen molar-refractivity contribution in [3.05, 3.63) is 65.7 Å². The smallest absolute Gasteiger partial charge is 0.128 e. The van der Waals surface area contributed by atoms with E-state index in [-0.39, 0.29) is 5.82 Å². The van der Waals surface area contributed by atoms with E-state index in [0.29, 0.717) is 25.1 Å². The van der Waals surface area contributed by atoms with Crippen LogP contribution in [0.5, 0.6) is 0 Å². The Balaban J connectivity index is 2.09. The van der Waals surface area contributed by atoms with Crippen LogP contribution in [0, 0.1) is 5.82 Å². The molecule has 102 valence electrons. The fourth-order valence-electron chi connectivity index (χ4n) is 2.42. The molecule has 20 heavy (non-hydrogen) atoms. The van der Waals surface area contributed by atoms with Crippen molar-refractivity contribution in [1.82, 2.24) is 9.55 Å². The molecule has 3 nitrogen and oxygen atoms in total. The Bertz CT molecular complexity index is 733. The molecule has 1 heterocycles. The van der Waals surface area contributed by atoms with Gasteiger partial charge >= 0.3 is 0 Å². The van der Waals surface area contributed by atoms with E-state index >= 15 is 0 Å². The summed E-state index contributed by atoms with van der Waals surface area (Å²) in [5.74, 6) is 0.709. The average molecular weight is 269 g/mol. The molecule has 2 aromatic carbocycles. The van der Waals surface area contributed by atoms with E-state index in [9.17, 15) is 4.39 Å². The van der Waals surface area contributed by atoms with E-state index in [4.69, 9.17) is 5.73 Å². The van der Waals surface area contributed by atoms with E-state index in [1.54, 1.807) is 12.1 Å². The van der Waals surface area contributed by atoms with Crippen molar-refractivity contribution in [2.75, 3.05) is 6.54 Å². The first kappa shape index (κ1) is 12.8. The van der Waals surface area contributed by atoms with Gasteiger partial charge in [-0.15, -0.1) is 0 Å². The summed E-state index contributed by atoms with van der Waals surface area (Å²) in [6.07, 6.45) is 0.684. The largest absolute Gasteiger partial charge is 0.330 e. The summed E-state index contributed by atoms with van der Waals surface area (Å²) in [6, 6.07) is 14.7. The third-order valence-corrected chi connectivity index (χ3v) is 3.39. The third-order valence-electron chi connectivity index (χ3n) is 3.39. The SMILES string of the molecule is NCCc1nc2ccccc2n1Cc1ccccc1F. The minimum atomic E-state index is -0.191. The Labute approximate surface area is 116 Å². The fourth-order valence-corrected chi connectivity index (χ4v) is 2.42. The molecule has 0 radical (unpaired) electrons. The summed E-state index contributed by atoms with van der Waals surface area (Å²) < 4.78 is 15.9. The number of imidazole rings is 1. The first-order chi connectivity index (χ1) is 9.79. The molecule has 0 saturated carbocycles. The molecule has 2 N–H and O–H groups in total. The standard InChI is InChI=1S/C16H16FN3/c17-13-6-2-1-5-12(13)11-20-15-8-4-3-7-14(15)19-16(20)9-10-18/h1-8H,9-11,18H2. The molecule has 0 spiro atoms. The Kier molecular flexibility index (Phi) is 3.48. The van der Waals surface area contributed by atoms with E-state index < -0.39 is 0 Å². The first-order valence-electron chi connectivity index (χ1n) is 6.67. The summed E-state index contributed by atoms with van der Waals surface area (Å²) in [4.78, 5) is 4.59. The van der Waals surface area contributed by atoms with Gasteiger partial charge in [-0.1, -0.05) is 30.3 Å². The zero-order valence-corrected chi connectivity index (χ0v) is 11.1. The van der Waals surface area contributed by atoms with Gasteiger partial charge in [0.1, 0.15) is 11.6 Å². The van der Waals surface area contributed by atoms with Gasteiger partial charge in [-0.3, -0.25) is 0 Å². The van der Waals surface area contributed by atoms with Crippen LogP contribution in [-0.2, 0) is 13.0 Å². The minimum Gasteiger partial charge on any atom is -0.330 e. The molecule has 3 aromatic rings. The second-order valence-corrected chi connectivity index (χ2v) is 4.73. The lowest BCUT2D eigenvalue weighted by Gasteiger charge is -2.09. The molecule has 0 aliphatic rings. The van der Waals surface area contributed by atoms with Gasteiger partial charge in [0.05, 0.1) is 17.6 Å². The molecular formula is C16H16FN3. The molecule has 0 bridgehead atoms. The van der Waals surface area contributed by atoms with Crippen LogP contribution in [0.2, 0.25) is 0 Å². The summed E-state index contributed by atoms with van der Waals surface area (Å²) in [6.45, 7) is 1.00. The van der Waals surface area contributed by atoms with Crippen molar-refractivity contribution in [2.45, 2.75) is 13.0 Å². The molecule has 0 unspecified atom stereocenters. The van der Waals surface area contributed by atoms with Gasteiger partial charge in [-0.2, -0.15) is 0 Å². The van der Waals surface area contributed by atoms with Gasteiger partial charge in [-0.05, 0) is 24.7 Å². The van der Waals surface area contributed by atoms with Crippen LogP contribution in [-0.4, -0.2) is 16.1 Å². The number of aromatic nitrogens is 2. The van der Waals surface area contributed by atoms with Crippen LogP contribution >= 0.6 is 0 Å². The highest BCUT2D eigenvalue weighted by atomic mass is 19.1. The van der Waals surface area contributed by atoms with Crippen molar-refractivity contribution in [3.63, 3.8) is 0 Å². The Morgan fingerprint density at radius 3 is 2.60 bits per heavy atom. The van der Waals surface area contributed by atoms with Gasteiger partial charge in [0.25, 0.3) is 0 Å². The summed E-state index contributed by atoms with van der Waals surface area (Å²) in [5.41, 5.74) is 8.24. The second kappa shape index (κ2) is 5.43. The highest BCUT2D eigenvalue weighted by Gasteiger charge is 2.11. The highest BCUT2D eigenvalue weighted by Crippen LogP contribution is 2.19. The molecule has 4 heteroatoms. The lowest BCUT2D eigenvalue weighted by Crippen LogP contribution is -2.11. The minimum absolute atomic E-state index is 0.191. The molecular weight excluding hydrogens is 253 g/mol. The number of halogens is 1. The van der Waals surface area contributed by atoms with Crippen LogP contribution in [0.4, 0.5) is 4.39 Å². The number of nitrogens with zero attached hydrogens (tertiary/aromatic N) is 2. The topological polar surface area (TPSA) is 43.8 Å². The molecule has 0 aliphatic heterocycles. The monoisotopic (exact) mass is 269 g/mol. The lowest BCUT2D eigenvalue weighted by molar-refractivity contribution is 0.597. The van der Waals surface area contributed by atoms with Crippen molar-refractivity contribution < 1.29 is 4.39 Å². The maximum atomic E-state index is 13.8. The quantitative estimate of drug-likeness (QED) is 0.791. The van der Waals surface area contributed by atoms with E-state index in [2.05, 4.69) is 4.98 Å². The zero-order chi connectivity index (χ0) is 13.9. The van der Waals surface area contributed by atoms with E-state index in [1.165, 1.54) is 6.07 Å². The molecule has 0 atom stereocenters. The summed E-state index contributed by atoms with van der Waals surface area (Å²) in [5, 5.41) is 0. The van der Waals surface area contributed by atoms with Crippen LogP contribution in [0.25, 0.3) is 11.0 Å². The first-order valence-corrected chi connectivity index (χ1v) is 6.67. The normalized spacial score (nSPS) is 11.1. The van der Waals surface area contributed by atoms with Crippen LogP contribution in [0.15, 0.2) is 48.5 Å². The number of hydrogen-bond acceptors (Lipinski definition) is 2. The number of hydrogen-bond donors (Lipinski definition) is 1. The van der Waals surface area contributed by atoms with Gasteiger partial charge < -0.3 is 10.3 Å². The van der Waals surface area contributed by atoms with Crippen LogP contribution in [0.1, 0.15) is 11.4 Å². The lowest BCUT2D eigenvalue weighted by atomic mass is 10.2. The Morgan fingerprint density at radius 1 is 1.05 bits per heavy atom. The number of benzene rings is 2. The zero-order valence-electron chi connectivity index (χ0n) is 11.1. The number of nitrogens with two attached hydrogens (primary N) is 1. The van der Waals surface area contributed by atoms with Crippen LogP contribution < -0.4 is 5.73 Å². The third kappa shape index (κ3) is 2.30. The molecule has 1 aromatic heterocycles. The maximum Gasteiger partial charge on any atom is 0.128 e.